The Labute approximate surface area is 100 Å². The SMILES string of the molecule is CCN(CC(=O)NC)C(=O)NC(C)CC(=O)O. The van der Waals surface area contributed by atoms with Crippen molar-refractivity contribution in [3.8, 4) is 0 Å². The number of nitrogens with one attached hydrogen (secondary N) is 2. The van der Waals surface area contributed by atoms with Crippen molar-refractivity contribution in [1.29, 1.82) is 0 Å². The van der Waals surface area contributed by atoms with Gasteiger partial charge in [0.15, 0.2) is 0 Å². The molecule has 0 bridgehead atoms. The van der Waals surface area contributed by atoms with Gasteiger partial charge >= 0.3 is 12.0 Å². The molecule has 1 atom stereocenters. The van der Waals surface area contributed by atoms with Gasteiger partial charge in [0.1, 0.15) is 6.54 Å². The number of carbonyl (C=O) groups is 3. The summed E-state index contributed by atoms with van der Waals surface area (Å²) in [6.45, 7) is 3.67. The topological polar surface area (TPSA) is 98.7 Å². The second-order valence-corrected chi connectivity index (χ2v) is 3.64. The van der Waals surface area contributed by atoms with Crippen LogP contribution in [0.25, 0.3) is 0 Å². The number of aliphatic carboxylic acids is 1. The van der Waals surface area contributed by atoms with Crippen molar-refractivity contribution in [2.75, 3.05) is 20.1 Å². The first-order chi connectivity index (χ1) is 7.90. The zero-order valence-corrected chi connectivity index (χ0v) is 10.3. The minimum atomic E-state index is -0.979. The van der Waals surface area contributed by atoms with E-state index in [0.717, 1.165) is 0 Å². The summed E-state index contributed by atoms with van der Waals surface area (Å²) in [6, 6.07) is -0.913. The van der Waals surface area contributed by atoms with Crippen LogP contribution in [0.2, 0.25) is 0 Å². The Bertz CT molecular complexity index is 293. The molecule has 0 aromatic rings. The number of urea groups is 1. The van der Waals surface area contributed by atoms with Crippen LogP contribution < -0.4 is 10.6 Å². The van der Waals surface area contributed by atoms with Crippen LogP contribution in [-0.4, -0.2) is 54.1 Å². The molecule has 0 radical (unpaired) electrons. The molecule has 3 N–H and O–H groups in total. The molecule has 3 amide bonds. The van der Waals surface area contributed by atoms with Crippen molar-refractivity contribution in [1.82, 2.24) is 15.5 Å². The third-order valence-electron chi connectivity index (χ3n) is 2.13. The summed E-state index contributed by atoms with van der Waals surface area (Å²) in [5.41, 5.74) is 0. The Morgan fingerprint density at radius 2 is 1.94 bits per heavy atom. The second-order valence-electron chi connectivity index (χ2n) is 3.64. The van der Waals surface area contributed by atoms with Crippen molar-refractivity contribution in [2.24, 2.45) is 0 Å². The molecule has 1 unspecified atom stereocenters. The van der Waals surface area contributed by atoms with Gasteiger partial charge in [-0.15, -0.1) is 0 Å². The predicted molar refractivity (Wildman–Crippen MR) is 61.6 cm³/mol. The maximum atomic E-state index is 11.7. The summed E-state index contributed by atoms with van der Waals surface area (Å²) >= 11 is 0. The van der Waals surface area contributed by atoms with E-state index in [4.69, 9.17) is 5.11 Å². The minimum absolute atomic E-state index is 0.0430. The molecule has 0 heterocycles. The number of nitrogens with zero attached hydrogens (tertiary/aromatic N) is 1. The Morgan fingerprint density at radius 1 is 1.35 bits per heavy atom. The van der Waals surface area contributed by atoms with Crippen molar-refractivity contribution in [3.05, 3.63) is 0 Å². The standard InChI is InChI=1S/C10H19N3O4/c1-4-13(6-8(14)11-3)10(17)12-7(2)5-9(15)16/h7H,4-6H2,1-3H3,(H,11,14)(H,12,17)(H,15,16). The van der Waals surface area contributed by atoms with Crippen LogP contribution in [0.5, 0.6) is 0 Å². The molecular formula is C10H19N3O4. The van der Waals surface area contributed by atoms with E-state index in [-0.39, 0.29) is 18.9 Å². The zero-order chi connectivity index (χ0) is 13.4. The van der Waals surface area contributed by atoms with E-state index in [2.05, 4.69) is 10.6 Å². The number of likely N-dealkylation sites (N-methyl/N-ethyl adjacent to an activating group) is 2. The summed E-state index contributed by atoms with van der Waals surface area (Å²) in [5, 5.41) is 13.5. The minimum Gasteiger partial charge on any atom is -0.481 e. The van der Waals surface area contributed by atoms with E-state index in [1.54, 1.807) is 13.8 Å². The lowest BCUT2D eigenvalue weighted by atomic mass is 10.2. The summed E-state index contributed by atoms with van der Waals surface area (Å²) in [4.78, 5) is 34.5. The van der Waals surface area contributed by atoms with Gasteiger partial charge in [0.05, 0.1) is 6.42 Å². The van der Waals surface area contributed by atoms with Gasteiger partial charge in [0.25, 0.3) is 0 Å². The largest absolute Gasteiger partial charge is 0.481 e. The van der Waals surface area contributed by atoms with Crippen LogP contribution in [0, 0.1) is 0 Å². The van der Waals surface area contributed by atoms with Crippen molar-refractivity contribution in [2.45, 2.75) is 26.3 Å². The molecule has 0 aromatic carbocycles. The van der Waals surface area contributed by atoms with Crippen LogP contribution in [0.3, 0.4) is 0 Å². The summed E-state index contributed by atoms with van der Waals surface area (Å²) in [6.07, 6.45) is -0.150. The van der Waals surface area contributed by atoms with Gasteiger partial charge in [0, 0.05) is 19.6 Å². The third-order valence-corrected chi connectivity index (χ3v) is 2.13. The van der Waals surface area contributed by atoms with Gasteiger partial charge in [-0.05, 0) is 13.8 Å². The highest BCUT2D eigenvalue weighted by molar-refractivity contribution is 5.84. The third kappa shape index (κ3) is 6.39. The maximum absolute atomic E-state index is 11.7. The quantitative estimate of drug-likeness (QED) is 0.594. The summed E-state index contributed by atoms with van der Waals surface area (Å²) in [7, 11) is 1.49. The van der Waals surface area contributed by atoms with Gasteiger partial charge in [-0.3, -0.25) is 9.59 Å². The van der Waals surface area contributed by atoms with Gasteiger partial charge in [-0.25, -0.2) is 4.79 Å². The van der Waals surface area contributed by atoms with Gasteiger partial charge < -0.3 is 20.6 Å². The molecule has 0 saturated carbocycles. The Hall–Kier alpha value is -1.79. The van der Waals surface area contributed by atoms with Crippen LogP contribution in [0.4, 0.5) is 4.79 Å². The first-order valence-electron chi connectivity index (χ1n) is 5.38. The Kier molecular flexibility index (Phi) is 6.69. The van der Waals surface area contributed by atoms with E-state index >= 15 is 0 Å². The number of rotatable bonds is 6. The smallest absolute Gasteiger partial charge is 0.318 e. The molecule has 0 aromatic heterocycles. The highest BCUT2D eigenvalue weighted by Crippen LogP contribution is 1.95. The van der Waals surface area contributed by atoms with Gasteiger partial charge in [-0.2, -0.15) is 0 Å². The molecule has 0 aliphatic rings. The fraction of sp³-hybridized carbons (Fsp3) is 0.700. The van der Waals surface area contributed by atoms with Crippen molar-refractivity contribution < 1.29 is 19.5 Å². The fourth-order valence-electron chi connectivity index (χ4n) is 1.19. The molecule has 0 aliphatic carbocycles. The molecular weight excluding hydrogens is 226 g/mol. The highest BCUT2D eigenvalue weighted by atomic mass is 16.4. The van der Waals surface area contributed by atoms with E-state index in [0.29, 0.717) is 6.54 Å². The number of hydrogen-bond acceptors (Lipinski definition) is 3. The van der Waals surface area contributed by atoms with E-state index in [1.165, 1.54) is 11.9 Å². The van der Waals surface area contributed by atoms with Gasteiger partial charge in [0.2, 0.25) is 5.91 Å². The van der Waals surface area contributed by atoms with E-state index in [1.807, 2.05) is 0 Å². The molecule has 7 nitrogen and oxygen atoms in total. The second kappa shape index (κ2) is 7.48. The molecule has 0 aliphatic heterocycles. The van der Waals surface area contributed by atoms with Crippen molar-refractivity contribution >= 4 is 17.9 Å². The number of carbonyl (C=O) groups excluding carboxylic acids is 2. The lowest BCUT2D eigenvalue weighted by Crippen LogP contribution is -2.47. The summed E-state index contributed by atoms with van der Waals surface area (Å²) in [5.74, 6) is -1.25. The molecule has 0 fully saturated rings. The van der Waals surface area contributed by atoms with Crippen molar-refractivity contribution in [3.63, 3.8) is 0 Å². The summed E-state index contributed by atoms with van der Waals surface area (Å²) < 4.78 is 0. The normalized spacial score (nSPS) is 11.5. The maximum Gasteiger partial charge on any atom is 0.318 e. The molecule has 98 valence electrons. The predicted octanol–water partition coefficient (Wildman–Crippen LogP) is -0.373. The van der Waals surface area contributed by atoms with Crippen LogP contribution in [-0.2, 0) is 9.59 Å². The van der Waals surface area contributed by atoms with E-state index < -0.39 is 18.0 Å². The number of carboxylic acid groups (broad SMARTS) is 1. The Balaban J connectivity index is 4.25. The Morgan fingerprint density at radius 3 is 2.35 bits per heavy atom. The van der Waals surface area contributed by atoms with Gasteiger partial charge in [-0.1, -0.05) is 0 Å². The number of hydrogen-bond donors (Lipinski definition) is 3. The first kappa shape index (κ1) is 15.2. The number of amides is 3. The lowest BCUT2D eigenvalue weighted by molar-refractivity contribution is -0.137. The molecule has 7 heteroatoms. The first-order valence-corrected chi connectivity index (χ1v) is 5.38. The van der Waals surface area contributed by atoms with Crippen LogP contribution >= 0.6 is 0 Å². The number of carboxylic acids is 1. The molecule has 17 heavy (non-hydrogen) atoms. The molecule has 0 spiro atoms. The van der Waals surface area contributed by atoms with Crippen LogP contribution in [0.15, 0.2) is 0 Å². The fourth-order valence-corrected chi connectivity index (χ4v) is 1.19. The molecule has 0 saturated heterocycles. The average Bonchev–Trinajstić information content (AvgIpc) is 2.23. The zero-order valence-electron chi connectivity index (χ0n) is 10.3. The highest BCUT2D eigenvalue weighted by Gasteiger charge is 2.17. The monoisotopic (exact) mass is 245 g/mol. The van der Waals surface area contributed by atoms with E-state index in [9.17, 15) is 14.4 Å². The van der Waals surface area contributed by atoms with Crippen LogP contribution in [0.1, 0.15) is 20.3 Å². The lowest BCUT2D eigenvalue weighted by Gasteiger charge is -2.22. The molecule has 0 rings (SSSR count). The average molecular weight is 245 g/mol.